The number of hydrogen-bond acceptors (Lipinski definition) is 4. The van der Waals surface area contributed by atoms with Crippen molar-refractivity contribution in [2.45, 2.75) is 19.0 Å². The highest BCUT2D eigenvalue weighted by molar-refractivity contribution is 14.0. The standard InChI is InChI=1S/C14H12F6N4OS.HI/c15-13(16,17)10-7-26-11(24-10)5-6-22-12(21)23-8-3-1-2-4-9(8)25-14(18,19)20;/h1-4,7H,5-6H2,(H3,21,22,23);1H. The second kappa shape index (κ2) is 9.43. The molecule has 3 N–H and O–H groups in total. The maximum atomic E-state index is 12.4. The van der Waals surface area contributed by atoms with E-state index in [1.54, 1.807) is 0 Å². The molecule has 0 unspecified atom stereocenters. The second-order valence-corrected chi connectivity index (χ2v) is 5.75. The summed E-state index contributed by atoms with van der Waals surface area (Å²) in [6.07, 6.45) is -9.28. The van der Waals surface area contributed by atoms with Crippen molar-refractivity contribution in [3.63, 3.8) is 0 Å². The number of alkyl halides is 6. The largest absolute Gasteiger partial charge is 0.573 e. The summed E-state index contributed by atoms with van der Waals surface area (Å²) in [7, 11) is 0. The van der Waals surface area contributed by atoms with E-state index in [0.29, 0.717) is 0 Å². The lowest BCUT2D eigenvalue weighted by molar-refractivity contribution is -0.274. The third kappa shape index (κ3) is 7.78. The van der Waals surface area contributed by atoms with E-state index in [2.05, 4.69) is 20.0 Å². The summed E-state index contributed by atoms with van der Waals surface area (Å²) in [4.78, 5) is 7.29. The van der Waals surface area contributed by atoms with Crippen LogP contribution in [0.5, 0.6) is 5.75 Å². The first-order valence-electron chi connectivity index (χ1n) is 6.98. The molecule has 13 heteroatoms. The van der Waals surface area contributed by atoms with Crippen LogP contribution in [0.3, 0.4) is 0 Å². The number of halogens is 7. The van der Waals surface area contributed by atoms with Crippen LogP contribution in [0.4, 0.5) is 32.0 Å². The third-order valence-corrected chi connectivity index (χ3v) is 3.73. The second-order valence-electron chi connectivity index (χ2n) is 4.81. The molecule has 1 aromatic carbocycles. The van der Waals surface area contributed by atoms with Gasteiger partial charge in [-0.25, -0.2) is 4.98 Å². The van der Waals surface area contributed by atoms with E-state index in [1.165, 1.54) is 18.2 Å². The highest BCUT2D eigenvalue weighted by Gasteiger charge is 2.33. The predicted molar refractivity (Wildman–Crippen MR) is 99.5 cm³/mol. The number of nitrogens with one attached hydrogen (secondary N) is 1. The first kappa shape index (κ1) is 23.3. The topological polar surface area (TPSA) is 72.5 Å². The summed E-state index contributed by atoms with van der Waals surface area (Å²) in [5.74, 6) is -0.705. The van der Waals surface area contributed by atoms with Crippen LogP contribution in [0.1, 0.15) is 10.7 Å². The number of thiazole rings is 1. The van der Waals surface area contributed by atoms with E-state index in [9.17, 15) is 26.3 Å². The zero-order valence-electron chi connectivity index (χ0n) is 13.3. The molecular formula is C14H13F6IN4OS. The van der Waals surface area contributed by atoms with Gasteiger partial charge in [0.25, 0.3) is 0 Å². The SMILES string of the molecule is I.NC(=NCCc1nc(C(F)(F)F)cs1)Nc1ccccc1OC(F)(F)F. The van der Waals surface area contributed by atoms with E-state index in [1.807, 2.05) is 0 Å². The van der Waals surface area contributed by atoms with E-state index >= 15 is 0 Å². The Labute approximate surface area is 170 Å². The molecule has 0 aliphatic rings. The molecule has 0 saturated heterocycles. The van der Waals surface area contributed by atoms with Gasteiger partial charge in [-0.15, -0.1) is 48.5 Å². The van der Waals surface area contributed by atoms with Gasteiger partial charge < -0.3 is 15.8 Å². The van der Waals surface area contributed by atoms with Crippen LogP contribution < -0.4 is 15.8 Å². The minimum atomic E-state index is -4.87. The number of hydrogen-bond donors (Lipinski definition) is 2. The number of nitrogens with zero attached hydrogens (tertiary/aromatic N) is 2. The smallest absolute Gasteiger partial charge is 0.404 e. The van der Waals surface area contributed by atoms with E-state index < -0.39 is 24.0 Å². The Hall–Kier alpha value is -1.77. The molecular weight excluding hydrogens is 513 g/mol. The molecule has 0 spiro atoms. The quantitative estimate of drug-likeness (QED) is 0.258. The number of aromatic nitrogens is 1. The summed E-state index contributed by atoms with van der Waals surface area (Å²) in [5, 5.41) is 3.57. The maximum Gasteiger partial charge on any atom is 0.573 e. The van der Waals surface area contributed by atoms with E-state index in [4.69, 9.17) is 5.73 Å². The van der Waals surface area contributed by atoms with Crippen LogP contribution >= 0.6 is 35.3 Å². The monoisotopic (exact) mass is 526 g/mol. The van der Waals surface area contributed by atoms with Crippen LogP contribution in [0, 0.1) is 0 Å². The summed E-state index contributed by atoms with van der Waals surface area (Å²) in [6, 6.07) is 5.21. The Morgan fingerprint density at radius 1 is 1.19 bits per heavy atom. The van der Waals surface area contributed by atoms with Crippen molar-refractivity contribution in [1.29, 1.82) is 0 Å². The molecule has 0 aliphatic heterocycles. The van der Waals surface area contributed by atoms with Crippen LogP contribution in [0.15, 0.2) is 34.6 Å². The molecule has 1 heterocycles. The molecule has 0 fully saturated rings. The number of ether oxygens (including phenoxy) is 1. The molecule has 0 aliphatic carbocycles. The van der Waals surface area contributed by atoms with Crippen molar-refractivity contribution in [2.75, 3.05) is 11.9 Å². The fourth-order valence-electron chi connectivity index (χ4n) is 1.79. The van der Waals surface area contributed by atoms with Crippen molar-refractivity contribution in [1.82, 2.24) is 4.98 Å². The minimum Gasteiger partial charge on any atom is -0.404 e. The van der Waals surface area contributed by atoms with Crippen molar-refractivity contribution in [3.05, 3.63) is 40.3 Å². The lowest BCUT2D eigenvalue weighted by Gasteiger charge is -2.14. The van der Waals surface area contributed by atoms with Gasteiger partial charge in [0.05, 0.1) is 10.7 Å². The van der Waals surface area contributed by atoms with Gasteiger partial charge in [0, 0.05) is 18.3 Å². The molecule has 150 valence electrons. The fourth-order valence-corrected chi connectivity index (χ4v) is 2.58. The molecule has 2 aromatic rings. The van der Waals surface area contributed by atoms with E-state index in [-0.39, 0.29) is 53.6 Å². The summed E-state index contributed by atoms with van der Waals surface area (Å²) in [6.45, 7) is 0.00589. The Morgan fingerprint density at radius 3 is 2.44 bits per heavy atom. The molecule has 0 radical (unpaired) electrons. The minimum absolute atomic E-state index is 0. The van der Waals surface area contributed by atoms with Crippen molar-refractivity contribution >= 4 is 47.0 Å². The van der Waals surface area contributed by atoms with Crippen LogP contribution in [-0.2, 0) is 12.6 Å². The van der Waals surface area contributed by atoms with Gasteiger partial charge in [-0.1, -0.05) is 12.1 Å². The first-order valence-corrected chi connectivity index (χ1v) is 7.86. The summed E-state index contributed by atoms with van der Waals surface area (Å²) >= 11 is 0.834. The highest BCUT2D eigenvalue weighted by Crippen LogP contribution is 2.31. The Balaban J connectivity index is 0.00000364. The van der Waals surface area contributed by atoms with Gasteiger partial charge >= 0.3 is 12.5 Å². The van der Waals surface area contributed by atoms with E-state index in [0.717, 1.165) is 22.8 Å². The van der Waals surface area contributed by atoms with Crippen LogP contribution in [0.25, 0.3) is 0 Å². The zero-order chi connectivity index (χ0) is 19.4. The lowest BCUT2D eigenvalue weighted by Crippen LogP contribution is -2.24. The van der Waals surface area contributed by atoms with Crippen LogP contribution in [0.2, 0.25) is 0 Å². The molecule has 0 bridgehead atoms. The molecule has 0 atom stereocenters. The Kier molecular flexibility index (Phi) is 8.13. The number of benzene rings is 1. The number of para-hydroxylation sites is 2. The zero-order valence-corrected chi connectivity index (χ0v) is 16.4. The maximum absolute atomic E-state index is 12.4. The summed E-state index contributed by atoms with van der Waals surface area (Å²) in [5.41, 5.74) is 4.55. The average Bonchev–Trinajstić information content (AvgIpc) is 2.97. The van der Waals surface area contributed by atoms with Crippen LogP contribution in [-0.4, -0.2) is 23.9 Å². The highest BCUT2D eigenvalue weighted by atomic mass is 127. The normalized spacial score (nSPS) is 12.4. The number of rotatable bonds is 5. The molecule has 27 heavy (non-hydrogen) atoms. The first-order chi connectivity index (χ1) is 12.0. The lowest BCUT2D eigenvalue weighted by atomic mass is 10.3. The number of nitrogens with two attached hydrogens (primary N) is 1. The summed E-state index contributed by atoms with van der Waals surface area (Å²) < 4.78 is 78.2. The van der Waals surface area contributed by atoms with Gasteiger partial charge in [-0.3, -0.25) is 4.99 Å². The molecule has 5 nitrogen and oxygen atoms in total. The van der Waals surface area contributed by atoms with Crippen molar-refractivity contribution in [2.24, 2.45) is 10.7 Å². The van der Waals surface area contributed by atoms with Gasteiger partial charge in [0.15, 0.2) is 17.4 Å². The number of aliphatic imine (C=N–C) groups is 1. The predicted octanol–water partition coefficient (Wildman–Crippen LogP) is 4.65. The molecule has 0 saturated carbocycles. The molecule has 2 rings (SSSR count). The Morgan fingerprint density at radius 2 is 1.85 bits per heavy atom. The van der Waals surface area contributed by atoms with Crippen molar-refractivity contribution < 1.29 is 31.1 Å². The van der Waals surface area contributed by atoms with Gasteiger partial charge in [0.2, 0.25) is 0 Å². The Bertz CT molecular complexity index is 777. The van der Waals surface area contributed by atoms with Gasteiger partial charge in [0.1, 0.15) is 0 Å². The third-order valence-electron chi connectivity index (χ3n) is 2.83. The average molecular weight is 526 g/mol. The molecule has 1 aromatic heterocycles. The van der Waals surface area contributed by atoms with Gasteiger partial charge in [-0.05, 0) is 12.1 Å². The fraction of sp³-hybridized carbons (Fsp3) is 0.286. The van der Waals surface area contributed by atoms with Crippen molar-refractivity contribution in [3.8, 4) is 5.75 Å². The number of anilines is 1. The number of guanidine groups is 1. The molecule has 0 amide bonds. The van der Waals surface area contributed by atoms with Gasteiger partial charge in [-0.2, -0.15) is 13.2 Å².